The number of furan rings is 1. The molecular formula is C9H11N5O2. The zero-order chi connectivity index (χ0) is 11.5. The van der Waals surface area contributed by atoms with Gasteiger partial charge >= 0.3 is 0 Å². The number of nitrogens with one attached hydrogen (secondary N) is 1. The highest BCUT2D eigenvalue weighted by Crippen LogP contribution is 2.15. The van der Waals surface area contributed by atoms with Crippen LogP contribution >= 0.6 is 0 Å². The molecule has 2 aromatic rings. The number of hydrazine groups is 1. The Morgan fingerprint density at radius 1 is 1.69 bits per heavy atom. The van der Waals surface area contributed by atoms with E-state index in [-0.39, 0.29) is 5.91 Å². The second-order valence-electron chi connectivity index (χ2n) is 3.25. The Balaban J connectivity index is 2.21. The van der Waals surface area contributed by atoms with Gasteiger partial charge in [0.2, 0.25) is 0 Å². The second kappa shape index (κ2) is 4.15. The highest BCUT2D eigenvalue weighted by molar-refractivity contribution is 5.94. The van der Waals surface area contributed by atoms with Crippen LogP contribution in [0, 0.1) is 6.92 Å². The van der Waals surface area contributed by atoms with Crippen molar-refractivity contribution in [2.24, 2.45) is 5.84 Å². The third kappa shape index (κ3) is 1.94. The van der Waals surface area contributed by atoms with Crippen LogP contribution in [0.1, 0.15) is 21.9 Å². The van der Waals surface area contributed by atoms with Gasteiger partial charge in [-0.3, -0.25) is 10.2 Å². The van der Waals surface area contributed by atoms with Crippen molar-refractivity contribution >= 4 is 5.91 Å². The van der Waals surface area contributed by atoms with E-state index in [9.17, 15) is 4.79 Å². The van der Waals surface area contributed by atoms with E-state index in [2.05, 4.69) is 15.5 Å². The molecule has 0 saturated heterocycles. The molecule has 0 fully saturated rings. The maximum absolute atomic E-state index is 11.3. The minimum absolute atomic E-state index is 0.369. The fraction of sp³-hybridized carbons (Fsp3) is 0.222. The maximum atomic E-state index is 11.3. The molecule has 7 nitrogen and oxygen atoms in total. The molecule has 2 aromatic heterocycles. The van der Waals surface area contributed by atoms with E-state index < -0.39 is 0 Å². The van der Waals surface area contributed by atoms with E-state index in [4.69, 9.17) is 10.3 Å². The number of amides is 1. The van der Waals surface area contributed by atoms with Crippen molar-refractivity contribution in [3.05, 3.63) is 35.8 Å². The number of hydrogen-bond acceptors (Lipinski definition) is 5. The number of nitrogen functional groups attached to an aromatic ring is 1. The lowest BCUT2D eigenvalue weighted by Gasteiger charge is -1.94. The Bertz CT molecular complexity index is 488. The monoisotopic (exact) mass is 221 g/mol. The van der Waals surface area contributed by atoms with Crippen molar-refractivity contribution < 1.29 is 9.21 Å². The zero-order valence-corrected chi connectivity index (χ0v) is 8.67. The molecule has 1 amide bonds. The summed E-state index contributed by atoms with van der Waals surface area (Å²) in [6.07, 6.45) is 3.00. The largest absolute Gasteiger partial charge is 0.464 e. The number of carbonyl (C=O) groups is 1. The predicted octanol–water partition coefficient (Wildman–Crippen LogP) is -0.169. The summed E-state index contributed by atoms with van der Waals surface area (Å²) in [6.45, 7) is 2.13. The summed E-state index contributed by atoms with van der Waals surface area (Å²) in [5.74, 6) is 5.83. The summed E-state index contributed by atoms with van der Waals surface area (Å²) in [7, 11) is 0. The van der Waals surface area contributed by atoms with Crippen molar-refractivity contribution in [1.82, 2.24) is 20.2 Å². The number of nitrogens with zero attached hydrogens (tertiary/aromatic N) is 3. The van der Waals surface area contributed by atoms with Gasteiger partial charge in [-0.2, -0.15) is 5.10 Å². The van der Waals surface area contributed by atoms with Crippen LogP contribution in [0.15, 0.2) is 23.1 Å². The first-order valence-corrected chi connectivity index (χ1v) is 4.63. The summed E-state index contributed by atoms with van der Waals surface area (Å²) >= 11 is 0. The van der Waals surface area contributed by atoms with E-state index in [1.165, 1.54) is 6.33 Å². The third-order valence-corrected chi connectivity index (χ3v) is 2.13. The maximum Gasteiger partial charge on any atom is 0.268 e. The van der Waals surface area contributed by atoms with Gasteiger partial charge in [0.25, 0.3) is 5.91 Å². The van der Waals surface area contributed by atoms with Gasteiger partial charge in [0, 0.05) is 0 Å². The lowest BCUT2D eigenvalue weighted by Crippen LogP contribution is -2.30. The van der Waals surface area contributed by atoms with E-state index in [1.54, 1.807) is 24.0 Å². The van der Waals surface area contributed by atoms with Crippen LogP contribution in [0.5, 0.6) is 0 Å². The Labute approximate surface area is 91.2 Å². The number of aryl methyl sites for hydroxylation is 1. The molecule has 84 valence electrons. The summed E-state index contributed by atoms with van der Waals surface area (Å²) in [6, 6.07) is 1.64. The van der Waals surface area contributed by atoms with Crippen molar-refractivity contribution in [3.63, 3.8) is 0 Å². The fourth-order valence-electron chi connectivity index (χ4n) is 1.40. The number of hydrogen-bond donors (Lipinski definition) is 2. The van der Waals surface area contributed by atoms with Gasteiger partial charge in [-0.15, -0.1) is 0 Å². The van der Waals surface area contributed by atoms with E-state index >= 15 is 0 Å². The summed E-state index contributed by atoms with van der Waals surface area (Å²) < 4.78 is 7.01. The Morgan fingerprint density at radius 2 is 2.50 bits per heavy atom. The van der Waals surface area contributed by atoms with E-state index in [0.29, 0.717) is 23.6 Å². The topological polar surface area (TPSA) is 99.0 Å². The summed E-state index contributed by atoms with van der Waals surface area (Å²) in [4.78, 5) is 15.1. The Kier molecular flexibility index (Phi) is 2.69. The van der Waals surface area contributed by atoms with Crippen LogP contribution in [-0.2, 0) is 6.54 Å². The Morgan fingerprint density at radius 3 is 3.12 bits per heavy atom. The molecule has 3 N–H and O–H groups in total. The first-order valence-electron chi connectivity index (χ1n) is 4.63. The van der Waals surface area contributed by atoms with Gasteiger partial charge in [-0.25, -0.2) is 15.5 Å². The molecule has 0 aliphatic carbocycles. The van der Waals surface area contributed by atoms with Gasteiger partial charge < -0.3 is 4.42 Å². The molecule has 0 aromatic carbocycles. The van der Waals surface area contributed by atoms with Crippen molar-refractivity contribution in [2.75, 3.05) is 0 Å². The highest BCUT2D eigenvalue weighted by Gasteiger charge is 2.14. The van der Waals surface area contributed by atoms with Crippen molar-refractivity contribution in [3.8, 4) is 0 Å². The molecule has 0 unspecified atom stereocenters. The molecule has 0 saturated carbocycles. The molecule has 2 heterocycles. The molecule has 16 heavy (non-hydrogen) atoms. The predicted molar refractivity (Wildman–Crippen MR) is 54.2 cm³/mol. The molecule has 7 heteroatoms. The van der Waals surface area contributed by atoms with Gasteiger partial charge in [-0.05, 0) is 13.0 Å². The molecule has 0 radical (unpaired) electrons. The standard InChI is InChI=1S/C9H11N5O2/c1-6-8(9(15)13-10)2-7(16-6)3-14-5-11-4-12-14/h2,4-5H,3,10H2,1H3,(H,13,15). The smallest absolute Gasteiger partial charge is 0.268 e. The lowest BCUT2D eigenvalue weighted by atomic mass is 10.2. The van der Waals surface area contributed by atoms with Crippen molar-refractivity contribution in [1.29, 1.82) is 0 Å². The molecule has 0 spiro atoms. The SMILES string of the molecule is Cc1oc(Cn2cncn2)cc1C(=O)NN. The minimum atomic E-state index is -0.369. The van der Waals surface area contributed by atoms with Crippen LogP contribution in [0.4, 0.5) is 0 Å². The average Bonchev–Trinajstić information content (AvgIpc) is 2.88. The van der Waals surface area contributed by atoms with Crippen LogP contribution in [-0.4, -0.2) is 20.7 Å². The highest BCUT2D eigenvalue weighted by atomic mass is 16.3. The molecule has 0 aliphatic heterocycles. The molecule has 0 bridgehead atoms. The zero-order valence-electron chi connectivity index (χ0n) is 8.67. The minimum Gasteiger partial charge on any atom is -0.464 e. The Hall–Kier alpha value is -2.15. The van der Waals surface area contributed by atoms with E-state index in [0.717, 1.165) is 0 Å². The summed E-state index contributed by atoms with van der Waals surface area (Å²) in [5.41, 5.74) is 2.49. The van der Waals surface area contributed by atoms with Gasteiger partial charge in [0.15, 0.2) is 0 Å². The number of nitrogens with two attached hydrogens (primary N) is 1. The fourth-order valence-corrected chi connectivity index (χ4v) is 1.40. The third-order valence-electron chi connectivity index (χ3n) is 2.13. The second-order valence-corrected chi connectivity index (χ2v) is 3.25. The molecule has 0 aliphatic rings. The van der Waals surface area contributed by atoms with Gasteiger partial charge in [-0.1, -0.05) is 0 Å². The van der Waals surface area contributed by atoms with Gasteiger partial charge in [0.1, 0.15) is 30.7 Å². The number of carbonyl (C=O) groups excluding carboxylic acids is 1. The first-order chi connectivity index (χ1) is 7.70. The molecule has 2 rings (SSSR count). The van der Waals surface area contributed by atoms with Gasteiger partial charge in [0.05, 0.1) is 5.56 Å². The van der Waals surface area contributed by atoms with Crippen LogP contribution < -0.4 is 11.3 Å². The van der Waals surface area contributed by atoms with Crippen LogP contribution in [0.2, 0.25) is 0 Å². The van der Waals surface area contributed by atoms with E-state index in [1.807, 2.05) is 0 Å². The lowest BCUT2D eigenvalue weighted by molar-refractivity contribution is 0.0952. The number of rotatable bonds is 3. The van der Waals surface area contributed by atoms with Crippen LogP contribution in [0.3, 0.4) is 0 Å². The van der Waals surface area contributed by atoms with Crippen molar-refractivity contribution in [2.45, 2.75) is 13.5 Å². The average molecular weight is 221 g/mol. The molecule has 0 atom stereocenters. The van der Waals surface area contributed by atoms with Crippen LogP contribution in [0.25, 0.3) is 0 Å². The first kappa shape index (κ1) is 10.4. The molecular weight excluding hydrogens is 210 g/mol. The summed E-state index contributed by atoms with van der Waals surface area (Å²) in [5, 5.41) is 3.94. The number of aromatic nitrogens is 3. The normalized spacial score (nSPS) is 10.4. The quantitative estimate of drug-likeness (QED) is 0.426.